The largest absolute Gasteiger partial charge is 0.480 e. The summed E-state index contributed by atoms with van der Waals surface area (Å²) in [7, 11) is 0. The number of fused-ring (bicyclic) bond motifs is 1. The maximum Gasteiger partial charge on any atom is 0.323 e. The predicted molar refractivity (Wildman–Crippen MR) is 89.3 cm³/mol. The number of hydrogen-bond acceptors (Lipinski definition) is 4. The van der Waals surface area contributed by atoms with Crippen LogP contribution in [0.1, 0.15) is 25.0 Å². The Kier molecular flexibility index (Phi) is 5.82. The number of benzene rings is 1. The maximum atomic E-state index is 12.7. The number of aliphatic carboxylic acids is 1. The van der Waals surface area contributed by atoms with Gasteiger partial charge in [0.1, 0.15) is 6.54 Å². The van der Waals surface area contributed by atoms with Crippen molar-refractivity contribution in [3.8, 4) is 0 Å². The van der Waals surface area contributed by atoms with Crippen molar-refractivity contribution in [3.05, 3.63) is 35.4 Å². The second-order valence-corrected chi connectivity index (χ2v) is 7.09. The van der Waals surface area contributed by atoms with E-state index in [0.717, 1.165) is 11.8 Å². The van der Waals surface area contributed by atoms with Crippen LogP contribution in [0.4, 0.5) is 0 Å². The van der Waals surface area contributed by atoms with Crippen LogP contribution in [0.3, 0.4) is 0 Å². The van der Waals surface area contributed by atoms with Crippen LogP contribution in [0.2, 0.25) is 0 Å². The molecule has 5 nitrogen and oxygen atoms in total. The fourth-order valence-electron chi connectivity index (χ4n) is 2.89. The van der Waals surface area contributed by atoms with E-state index < -0.39 is 5.97 Å². The zero-order valence-electron chi connectivity index (χ0n) is 13.3. The van der Waals surface area contributed by atoms with Crippen molar-refractivity contribution in [1.82, 2.24) is 4.90 Å². The third kappa shape index (κ3) is 4.58. The highest BCUT2D eigenvalue weighted by Gasteiger charge is 2.33. The van der Waals surface area contributed by atoms with Gasteiger partial charge in [-0.2, -0.15) is 0 Å². The standard InChI is InChI=1S/C17H21NO4S/c1-11(10-23-12(2)19)17(22)18(9-16(20)21)15-7-13-5-3-4-6-14(13)8-15/h3-6,11,15H,7-10H2,1-2H3,(H,20,21). The molecule has 0 aliphatic heterocycles. The summed E-state index contributed by atoms with van der Waals surface area (Å²) in [4.78, 5) is 36.4. The molecule has 0 spiro atoms. The summed E-state index contributed by atoms with van der Waals surface area (Å²) in [6.07, 6.45) is 1.36. The Bertz CT molecular complexity index is 591. The molecule has 1 amide bonds. The van der Waals surface area contributed by atoms with E-state index in [1.807, 2.05) is 24.3 Å². The van der Waals surface area contributed by atoms with E-state index in [9.17, 15) is 14.4 Å². The summed E-state index contributed by atoms with van der Waals surface area (Å²) >= 11 is 1.10. The highest BCUT2D eigenvalue weighted by atomic mass is 32.2. The molecule has 0 fully saturated rings. The van der Waals surface area contributed by atoms with Crippen molar-refractivity contribution in [1.29, 1.82) is 0 Å². The lowest BCUT2D eigenvalue weighted by Gasteiger charge is -2.29. The number of carbonyl (C=O) groups is 3. The first-order valence-electron chi connectivity index (χ1n) is 7.61. The lowest BCUT2D eigenvalue weighted by molar-refractivity contribution is -0.147. The molecule has 1 aliphatic rings. The van der Waals surface area contributed by atoms with Crippen LogP contribution < -0.4 is 0 Å². The first-order valence-corrected chi connectivity index (χ1v) is 8.59. The Balaban J connectivity index is 2.10. The number of carbonyl (C=O) groups excluding carboxylic acids is 2. The van der Waals surface area contributed by atoms with E-state index in [4.69, 9.17) is 5.11 Å². The van der Waals surface area contributed by atoms with Crippen molar-refractivity contribution in [2.24, 2.45) is 5.92 Å². The van der Waals surface area contributed by atoms with Crippen LogP contribution in [-0.4, -0.2) is 45.3 Å². The summed E-state index contributed by atoms with van der Waals surface area (Å²) in [5.74, 6) is -1.21. The Labute approximate surface area is 140 Å². The number of carboxylic acids is 1. The van der Waals surface area contributed by atoms with E-state index in [1.54, 1.807) is 6.92 Å². The molecule has 1 aromatic rings. The lowest BCUT2D eigenvalue weighted by Crippen LogP contribution is -2.46. The second kappa shape index (κ2) is 7.64. The van der Waals surface area contributed by atoms with Crippen molar-refractivity contribution >= 4 is 28.8 Å². The van der Waals surface area contributed by atoms with Crippen molar-refractivity contribution in [2.75, 3.05) is 12.3 Å². The minimum Gasteiger partial charge on any atom is -0.480 e. The van der Waals surface area contributed by atoms with E-state index in [1.165, 1.54) is 23.0 Å². The summed E-state index contributed by atoms with van der Waals surface area (Å²) in [5, 5.41) is 9.12. The minimum atomic E-state index is -1.01. The van der Waals surface area contributed by atoms with Gasteiger partial charge in [0.05, 0.1) is 0 Å². The molecule has 1 aliphatic carbocycles. The first kappa shape index (κ1) is 17.5. The minimum absolute atomic E-state index is 0.0392. The van der Waals surface area contributed by atoms with Gasteiger partial charge in [0.15, 0.2) is 5.12 Å². The van der Waals surface area contributed by atoms with Crippen molar-refractivity contribution in [3.63, 3.8) is 0 Å². The van der Waals surface area contributed by atoms with Gasteiger partial charge >= 0.3 is 5.97 Å². The molecule has 1 aromatic carbocycles. The third-order valence-corrected chi connectivity index (χ3v) is 5.09. The monoisotopic (exact) mass is 335 g/mol. The van der Waals surface area contributed by atoms with Gasteiger partial charge in [-0.1, -0.05) is 43.0 Å². The predicted octanol–water partition coefficient (Wildman–Crippen LogP) is 1.98. The molecule has 23 heavy (non-hydrogen) atoms. The number of hydrogen-bond donors (Lipinski definition) is 1. The zero-order valence-corrected chi connectivity index (χ0v) is 14.1. The number of nitrogens with zero attached hydrogens (tertiary/aromatic N) is 1. The molecule has 6 heteroatoms. The van der Waals surface area contributed by atoms with Crippen molar-refractivity contribution < 1.29 is 19.5 Å². The molecule has 0 heterocycles. The molecular weight excluding hydrogens is 314 g/mol. The van der Waals surface area contributed by atoms with Gasteiger partial charge in [-0.25, -0.2) is 0 Å². The van der Waals surface area contributed by atoms with Crippen LogP contribution >= 0.6 is 11.8 Å². The smallest absolute Gasteiger partial charge is 0.323 e. The number of carboxylic acid groups (broad SMARTS) is 1. The average Bonchev–Trinajstić information content (AvgIpc) is 2.92. The van der Waals surface area contributed by atoms with Gasteiger partial charge in [0.2, 0.25) is 5.91 Å². The third-order valence-electron chi connectivity index (χ3n) is 4.02. The molecule has 1 N–H and O–H groups in total. The van der Waals surface area contributed by atoms with Gasteiger partial charge in [-0.15, -0.1) is 0 Å². The Morgan fingerprint density at radius 3 is 2.30 bits per heavy atom. The van der Waals surface area contributed by atoms with Gasteiger partial charge in [-0.3, -0.25) is 14.4 Å². The average molecular weight is 335 g/mol. The van der Waals surface area contributed by atoms with Gasteiger partial charge in [-0.05, 0) is 24.0 Å². The van der Waals surface area contributed by atoms with Crippen LogP contribution in [0.5, 0.6) is 0 Å². The van der Waals surface area contributed by atoms with E-state index in [-0.39, 0.29) is 29.5 Å². The lowest BCUT2D eigenvalue weighted by atomic mass is 10.1. The molecule has 1 unspecified atom stereocenters. The second-order valence-electron chi connectivity index (χ2n) is 5.89. The van der Waals surface area contributed by atoms with Crippen LogP contribution in [0, 0.1) is 5.92 Å². The molecule has 2 rings (SSSR count). The molecule has 1 atom stereocenters. The Morgan fingerprint density at radius 2 is 1.83 bits per heavy atom. The summed E-state index contributed by atoms with van der Waals surface area (Å²) < 4.78 is 0. The zero-order chi connectivity index (χ0) is 17.0. The number of rotatable bonds is 6. The Morgan fingerprint density at radius 1 is 1.26 bits per heavy atom. The quantitative estimate of drug-likeness (QED) is 0.860. The highest BCUT2D eigenvalue weighted by Crippen LogP contribution is 2.26. The summed E-state index contributed by atoms with van der Waals surface area (Å²) in [6, 6.07) is 7.83. The van der Waals surface area contributed by atoms with Crippen molar-refractivity contribution in [2.45, 2.75) is 32.7 Å². The van der Waals surface area contributed by atoms with Crippen LogP contribution in [0.15, 0.2) is 24.3 Å². The molecule has 0 aromatic heterocycles. The molecule has 0 bridgehead atoms. The molecule has 0 radical (unpaired) electrons. The topological polar surface area (TPSA) is 74.7 Å². The molecule has 124 valence electrons. The normalized spacial score (nSPS) is 15.0. The van der Waals surface area contributed by atoms with Crippen LogP contribution in [0.25, 0.3) is 0 Å². The van der Waals surface area contributed by atoms with Gasteiger partial charge in [0, 0.05) is 24.6 Å². The van der Waals surface area contributed by atoms with Gasteiger partial charge < -0.3 is 10.0 Å². The summed E-state index contributed by atoms with van der Waals surface area (Å²) in [5.41, 5.74) is 2.35. The first-order chi connectivity index (χ1) is 10.9. The highest BCUT2D eigenvalue weighted by molar-refractivity contribution is 8.13. The van der Waals surface area contributed by atoms with E-state index >= 15 is 0 Å². The van der Waals surface area contributed by atoms with E-state index in [2.05, 4.69) is 0 Å². The van der Waals surface area contributed by atoms with E-state index in [0.29, 0.717) is 18.6 Å². The summed E-state index contributed by atoms with van der Waals surface area (Å²) in [6.45, 7) is 2.91. The molecule has 0 saturated carbocycles. The Hall–Kier alpha value is -1.82. The fraction of sp³-hybridized carbons (Fsp3) is 0.471. The number of thioether (sulfide) groups is 1. The maximum absolute atomic E-state index is 12.7. The van der Waals surface area contributed by atoms with Gasteiger partial charge in [0.25, 0.3) is 0 Å². The SMILES string of the molecule is CC(=O)SCC(C)C(=O)N(CC(=O)O)C1Cc2ccccc2C1. The number of amides is 1. The molecule has 0 saturated heterocycles. The fourth-order valence-corrected chi connectivity index (χ4v) is 3.51. The molecular formula is C17H21NO4S. The van der Waals surface area contributed by atoms with Crippen LogP contribution in [-0.2, 0) is 27.2 Å².